The number of thiazole rings is 1. The number of hydrogen-bond acceptors (Lipinski definition) is 4. The summed E-state index contributed by atoms with van der Waals surface area (Å²) in [5.41, 5.74) is 10.1. The maximum atomic E-state index is 5.88. The van der Waals surface area contributed by atoms with E-state index in [0.717, 1.165) is 34.0 Å². The second-order valence-electron chi connectivity index (χ2n) is 5.02. The van der Waals surface area contributed by atoms with Gasteiger partial charge in [0.05, 0.1) is 10.2 Å². The number of nitrogens with zero attached hydrogens (tertiary/aromatic N) is 3. The van der Waals surface area contributed by atoms with Gasteiger partial charge in [-0.15, -0.1) is 10.2 Å². The summed E-state index contributed by atoms with van der Waals surface area (Å²) in [5, 5.41) is 8.64. The van der Waals surface area contributed by atoms with Crippen molar-refractivity contribution in [3.8, 4) is 11.4 Å². The van der Waals surface area contributed by atoms with Crippen molar-refractivity contribution in [1.29, 1.82) is 0 Å². The summed E-state index contributed by atoms with van der Waals surface area (Å²) < 4.78 is 3.35. The van der Waals surface area contributed by atoms with E-state index < -0.39 is 0 Å². The van der Waals surface area contributed by atoms with Crippen LogP contribution in [0, 0.1) is 0 Å². The van der Waals surface area contributed by atoms with Crippen molar-refractivity contribution in [2.24, 2.45) is 0 Å². The lowest BCUT2D eigenvalue weighted by Crippen LogP contribution is -1.90. The molecule has 0 saturated heterocycles. The summed E-state index contributed by atoms with van der Waals surface area (Å²) in [6.07, 6.45) is 1.04. The summed E-state index contributed by atoms with van der Waals surface area (Å²) in [7, 11) is 0. The van der Waals surface area contributed by atoms with Crippen molar-refractivity contribution in [2.45, 2.75) is 13.3 Å². The zero-order valence-electron chi connectivity index (χ0n) is 11.6. The lowest BCUT2D eigenvalue weighted by molar-refractivity contribution is 1.12. The molecule has 104 valence electrons. The molecule has 0 bridgehead atoms. The van der Waals surface area contributed by atoms with Gasteiger partial charge in [-0.1, -0.05) is 36.5 Å². The van der Waals surface area contributed by atoms with Gasteiger partial charge in [0.2, 0.25) is 4.96 Å². The van der Waals surface area contributed by atoms with E-state index in [1.165, 1.54) is 10.3 Å². The Morgan fingerprint density at radius 3 is 2.86 bits per heavy atom. The number of nitrogen functional groups attached to an aromatic ring is 1. The summed E-state index contributed by atoms with van der Waals surface area (Å²) in [5.74, 6) is 0.841. The number of benzene rings is 2. The van der Waals surface area contributed by atoms with Gasteiger partial charge in [-0.3, -0.25) is 4.40 Å². The maximum absolute atomic E-state index is 5.88. The molecular weight excluding hydrogens is 280 g/mol. The topological polar surface area (TPSA) is 56.2 Å². The first-order valence-electron chi connectivity index (χ1n) is 6.89. The standard InChI is InChI=1S/C16H14N4S/c1-2-10-6-7-13-14(8-10)21-16-19-18-15(20(13)16)11-4-3-5-12(17)9-11/h3-9H,2,17H2,1H3. The fourth-order valence-electron chi connectivity index (χ4n) is 2.56. The van der Waals surface area contributed by atoms with Gasteiger partial charge in [0.1, 0.15) is 0 Å². The third-order valence-electron chi connectivity index (χ3n) is 3.65. The first-order valence-corrected chi connectivity index (χ1v) is 7.70. The molecule has 2 heterocycles. The van der Waals surface area contributed by atoms with Gasteiger partial charge < -0.3 is 5.73 Å². The molecule has 5 heteroatoms. The lowest BCUT2D eigenvalue weighted by atomic mass is 10.1. The monoisotopic (exact) mass is 294 g/mol. The van der Waals surface area contributed by atoms with Crippen LogP contribution in [0.5, 0.6) is 0 Å². The molecule has 0 fully saturated rings. The Labute approximate surface area is 125 Å². The molecule has 2 aromatic carbocycles. The van der Waals surface area contributed by atoms with Gasteiger partial charge in [-0.2, -0.15) is 0 Å². The molecule has 0 aliphatic rings. The van der Waals surface area contributed by atoms with Crippen LogP contribution in [0.2, 0.25) is 0 Å². The number of anilines is 1. The first-order chi connectivity index (χ1) is 10.3. The van der Waals surface area contributed by atoms with E-state index in [9.17, 15) is 0 Å². The summed E-state index contributed by atoms with van der Waals surface area (Å²) in [6.45, 7) is 2.17. The van der Waals surface area contributed by atoms with E-state index >= 15 is 0 Å². The van der Waals surface area contributed by atoms with Crippen LogP contribution in [-0.4, -0.2) is 14.6 Å². The second-order valence-corrected chi connectivity index (χ2v) is 6.03. The Morgan fingerprint density at radius 2 is 2.05 bits per heavy atom. The normalized spacial score (nSPS) is 11.5. The summed E-state index contributed by atoms with van der Waals surface area (Å²) in [6, 6.07) is 14.3. The largest absolute Gasteiger partial charge is 0.399 e. The van der Waals surface area contributed by atoms with Crippen LogP contribution in [0.4, 0.5) is 5.69 Å². The molecule has 0 spiro atoms. The van der Waals surface area contributed by atoms with Crippen LogP contribution in [0.25, 0.3) is 26.6 Å². The van der Waals surface area contributed by atoms with Crippen molar-refractivity contribution in [3.63, 3.8) is 0 Å². The Balaban J connectivity index is 2.02. The van der Waals surface area contributed by atoms with Crippen molar-refractivity contribution in [1.82, 2.24) is 14.6 Å². The van der Waals surface area contributed by atoms with Crippen molar-refractivity contribution in [3.05, 3.63) is 48.0 Å². The predicted octanol–water partition coefficient (Wildman–Crippen LogP) is 3.76. The van der Waals surface area contributed by atoms with Crippen LogP contribution in [0.15, 0.2) is 42.5 Å². The minimum absolute atomic E-state index is 0.733. The highest BCUT2D eigenvalue weighted by molar-refractivity contribution is 7.23. The van der Waals surface area contributed by atoms with E-state index in [1.807, 2.05) is 24.3 Å². The van der Waals surface area contributed by atoms with Crippen molar-refractivity contribution in [2.75, 3.05) is 5.73 Å². The van der Waals surface area contributed by atoms with Crippen molar-refractivity contribution < 1.29 is 0 Å². The molecule has 2 N–H and O–H groups in total. The van der Waals surface area contributed by atoms with Gasteiger partial charge >= 0.3 is 0 Å². The van der Waals surface area contributed by atoms with Gasteiger partial charge in [0.25, 0.3) is 0 Å². The second kappa shape index (κ2) is 4.56. The van der Waals surface area contributed by atoms with E-state index in [0.29, 0.717) is 0 Å². The van der Waals surface area contributed by atoms with E-state index in [4.69, 9.17) is 5.73 Å². The smallest absolute Gasteiger partial charge is 0.217 e. The van der Waals surface area contributed by atoms with Gasteiger partial charge in [-0.05, 0) is 36.2 Å². The van der Waals surface area contributed by atoms with Gasteiger partial charge in [-0.25, -0.2) is 0 Å². The van der Waals surface area contributed by atoms with Crippen LogP contribution in [-0.2, 0) is 6.42 Å². The molecule has 4 nitrogen and oxygen atoms in total. The quantitative estimate of drug-likeness (QED) is 0.573. The number of aryl methyl sites for hydroxylation is 1. The minimum atomic E-state index is 0.733. The number of rotatable bonds is 2. The van der Waals surface area contributed by atoms with Crippen molar-refractivity contribution >= 4 is 32.2 Å². The fourth-order valence-corrected chi connectivity index (χ4v) is 3.59. The zero-order chi connectivity index (χ0) is 14.4. The molecule has 0 atom stereocenters. The third kappa shape index (κ3) is 1.89. The number of nitrogens with two attached hydrogens (primary N) is 1. The Kier molecular flexibility index (Phi) is 2.68. The molecular formula is C16H14N4S. The number of hydrogen-bond donors (Lipinski definition) is 1. The van der Waals surface area contributed by atoms with Gasteiger partial charge in [0, 0.05) is 11.3 Å². The Hall–Kier alpha value is -2.40. The molecule has 0 radical (unpaired) electrons. The predicted molar refractivity (Wildman–Crippen MR) is 87.6 cm³/mol. The molecule has 0 aliphatic heterocycles. The molecule has 2 aromatic heterocycles. The summed E-state index contributed by atoms with van der Waals surface area (Å²) in [4.78, 5) is 0.913. The third-order valence-corrected chi connectivity index (χ3v) is 4.65. The SMILES string of the molecule is CCc1ccc2c(c1)sc1nnc(-c3cccc(N)c3)n12. The number of fused-ring (bicyclic) bond motifs is 3. The van der Waals surface area contributed by atoms with Crippen LogP contribution in [0.1, 0.15) is 12.5 Å². The lowest BCUT2D eigenvalue weighted by Gasteiger charge is -2.01. The minimum Gasteiger partial charge on any atom is -0.399 e. The average molecular weight is 294 g/mol. The zero-order valence-corrected chi connectivity index (χ0v) is 12.4. The van der Waals surface area contributed by atoms with Crippen LogP contribution in [0.3, 0.4) is 0 Å². The molecule has 4 aromatic rings. The highest BCUT2D eigenvalue weighted by atomic mass is 32.1. The number of aromatic nitrogens is 3. The van der Waals surface area contributed by atoms with E-state index in [-0.39, 0.29) is 0 Å². The van der Waals surface area contributed by atoms with E-state index in [2.05, 4.69) is 39.7 Å². The molecule has 0 saturated carbocycles. The highest BCUT2D eigenvalue weighted by Gasteiger charge is 2.14. The highest BCUT2D eigenvalue weighted by Crippen LogP contribution is 2.31. The molecule has 0 unspecified atom stereocenters. The first kappa shape index (κ1) is 12.3. The molecule has 4 rings (SSSR count). The molecule has 21 heavy (non-hydrogen) atoms. The van der Waals surface area contributed by atoms with Crippen LogP contribution < -0.4 is 5.73 Å². The summed E-state index contributed by atoms with van der Waals surface area (Å²) >= 11 is 1.67. The fraction of sp³-hybridized carbons (Fsp3) is 0.125. The van der Waals surface area contributed by atoms with E-state index in [1.54, 1.807) is 11.3 Å². The van der Waals surface area contributed by atoms with Gasteiger partial charge in [0.15, 0.2) is 5.82 Å². The Morgan fingerprint density at radius 1 is 1.14 bits per heavy atom. The Bertz CT molecular complexity index is 951. The molecule has 0 aliphatic carbocycles. The van der Waals surface area contributed by atoms with Crippen LogP contribution >= 0.6 is 11.3 Å². The maximum Gasteiger partial charge on any atom is 0.217 e. The molecule has 0 amide bonds. The average Bonchev–Trinajstić information content (AvgIpc) is 3.05.